The third-order valence-electron chi connectivity index (χ3n) is 2.12. The summed E-state index contributed by atoms with van der Waals surface area (Å²) >= 11 is 0. The van der Waals surface area contributed by atoms with Crippen LogP contribution in [0.15, 0.2) is 24.3 Å². The molecule has 7 nitrogen and oxygen atoms in total. The Kier molecular flexibility index (Phi) is 5.66. The number of carboxylic acid groups (broad SMARTS) is 1. The largest absolute Gasteiger partial charge is 0.480 e. The number of ether oxygens (including phenoxy) is 1. The predicted molar refractivity (Wildman–Crippen MR) is 63.7 cm³/mol. The Labute approximate surface area is 112 Å². The number of benzene rings is 1. The summed E-state index contributed by atoms with van der Waals surface area (Å²) in [7, 11) is 0. The van der Waals surface area contributed by atoms with E-state index in [4.69, 9.17) is 10.2 Å². The van der Waals surface area contributed by atoms with E-state index in [1.807, 2.05) is 5.32 Å². The second kappa shape index (κ2) is 7.24. The zero-order chi connectivity index (χ0) is 15.1. The highest BCUT2D eigenvalue weighted by Gasteiger charge is 2.18. The molecule has 9 heteroatoms. The van der Waals surface area contributed by atoms with E-state index < -0.39 is 31.3 Å². The van der Waals surface area contributed by atoms with Gasteiger partial charge in [-0.3, -0.25) is 0 Å². The molecule has 2 amide bonds. The molecule has 4 N–H and O–H groups in total. The van der Waals surface area contributed by atoms with Gasteiger partial charge >= 0.3 is 18.6 Å². The number of rotatable bonds is 6. The van der Waals surface area contributed by atoms with E-state index in [-0.39, 0.29) is 11.4 Å². The lowest BCUT2D eigenvalue weighted by molar-refractivity contribution is -0.140. The van der Waals surface area contributed by atoms with Crippen molar-refractivity contribution < 1.29 is 33.3 Å². The van der Waals surface area contributed by atoms with Crippen molar-refractivity contribution in [1.29, 1.82) is 0 Å². The van der Waals surface area contributed by atoms with Gasteiger partial charge in [0.15, 0.2) is 6.04 Å². The first-order chi connectivity index (χ1) is 9.42. The molecule has 0 aliphatic heterocycles. The molecule has 0 saturated carbocycles. The molecule has 0 saturated heterocycles. The van der Waals surface area contributed by atoms with Gasteiger partial charge in [0.25, 0.3) is 0 Å². The molecule has 110 valence electrons. The summed E-state index contributed by atoms with van der Waals surface area (Å²) in [6.45, 7) is -3.71. The zero-order valence-electron chi connectivity index (χ0n) is 10.0. The van der Waals surface area contributed by atoms with Gasteiger partial charge in [0.05, 0.1) is 6.61 Å². The summed E-state index contributed by atoms with van der Waals surface area (Å²) < 4.78 is 27.9. The number of amides is 2. The highest BCUT2D eigenvalue weighted by molar-refractivity contribution is 5.92. The normalized spacial score (nSPS) is 11.8. The number of carboxylic acids is 1. The summed E-state index contributed by atoms with van der Waals surface area (Å²) in [5.41, 5.74) is 0.242. The van der Waals surface area contributed by atoms with Crippen molar-refractivity contribution >= 4 is 17.7 Å². The summed E-state index contributed by atoms with van der Waals surface area (Å²) in [4.78, 5) is 22.0. The molecule has 0 heterocycles. The molecule has 1 aromatic carbocycles. The Bertz CT molecular complexity index is 466. The smallest absolute Gasteiger partial charge is 0.387 e. The topological polar surface area (TPSA) is 108 Å². The first kappa shape index (κ1) is 15.6. The van der Waals surface area contributed by atoms with Gasteiger partial charge in [0.2, 0.25) is 0 Å². The number of hydrogen-bond donors (Lipinski definition) is 4. The molecule has 0 bridgehead atoms. The molecule has 1 unspecified atom stereocenters. The number of halogens is 2. The van der Waals surface area contributed by atoms with Gasteiger partial charge in [-0.25, -0.2) is 9.59 Å². The minimum absolute atomic E-state index is 0.0790. The van der Waals surface area contributed by atoms with Crippen molar-refractivity contribution in [2.45, 2.75) is 12.7 Å². The van der Waals surface area contributed by atoms with Crippen LogP contribution in [0.2, 0.25) is 0 Å². The van der Waals surface area contributed by atoms with E-state index in [0.29, 0.717) is 0 Å². The van der Waals surface area contributed by atoms with E-state index in [1.54, 1.807) is 0 Å². The zero-order valence-corrected chi connectivity index (χ0v) is 10.0. The fourth-order valence-corrected chi connectivity index (χ4v) is 1.23. The van der Waals surface area contributed by atoms with Gasteiger partial charge in [0, 0.05) is 5.69 Å². The minimum Gasteiger partial charge on any atom is -0.480 e. The molecule has 1 rings (SSSR count). The summed E-state index contributed by atoms with van der Waals surface area (Å²) in [5, 5.41) is 21.6. The number of aliphatic hydroxyl groups is 1. The third kappa shape index (κ3) is 5.06. The van der Waals surface area contributed by atoms with Gasteiger partial charge in [-0.1, -0.05) is 0 Å². The summed E-state index contributed by atoms with van der Waals surface area (Å²) in [6, 6.07) is 2.73. The number of alkyl halides is 2. The standard InChI is InChI=1S/C11H12F2N2O5/c12-10(13)20-7-3-1-6(2-4-7)14-11(19)15-8(5-16)9(17)18/h1-4,8,10,16H,5H2,(H,17,18)(H2,14,15,19). The summed E-state index contributed by atoms with van der Waals surface area (Å²) in [5.74, 6) is -1.46. The maximum atomic E-state index is 11.9. The molecule has 0 spiro atoms. The monoisotopic (exact) mass is 290 g/mol. The molecule has 0 aliphatic rings. The van der Waals surface area contributed by atoms with Crippen LogP contribution in [0, 0.1) is 0 Å². The van der Waals surface area contributed by atoms with Gasteiger partial charge in [-0.2, -0.15) is 8.78 Å². The van der Waals surface area contributed by atoms with Gasteiger partial charge in [0.1, 0.15) is 5.75 Å². The SMILES string of the molecule is O=C(Nc1ccc(OC(F)F)cc1)NC(CO)C(=O)O. The van der Waals surface area contributed by atoms with E-state index in [9.17, 15) is 18.4 Å². The molecular weight excluding hydrogens is 278 g/mol. The van der Waals surface area contributed by atoms with Crippen LogP contribution in [0.25, 0.3) is 0 Å². The Morgan fingerprint density at radius 2 is 1.85 bits per heavy atom. The van der Waals surface area contributed by atoms with Crippen LogP contribution in [-0.2, 0) is 4.79 Å². The van der Waals surface area contributed by atoms with Crippen molar-refractivity contribution in [1.82, 2.24) is 5.32 Å². The first-order valence-electron chi connectivity index (χ1n) is 5.38. The summed E-state index contributed by atoms with van der Waals surface area (Å²) in [6.07, 6.45) is 0. The molecule has 20 heavy (non-hydrogen) atoms. The second-order valence-electron chi connectivity index (χ2n) is 3.57. The fraction of sp³-hybridized carbons (Fsp3) is 0.273. The number of anilines is 1. The van der Waals surface area contributed by atoms with Crippen LogP contribution in [-0.4, -0.2) is 41.5 Å². The molecule has 0 aromatic heterocycles. The van der Waals surface area contributed by atoms with Crippen LogP contribution in [0.4, 0.5) is 19.3 Å². The fourth-order valence-electron chi connectivity index (χ4n) is 1.23. The lowest BCUT2D eigenvalue weighted by atomic mass is 10.3. The lowest BCUT2D eigenvalue weighted by Crippen LogP contribution is -2.45. The predicted octanol–water partition coefficient (Wildman–Crippen LogP) is 0.855. The van der Waals surface area contributed by atoms with Crippen LogP contribution in [0.5, 0.6) is 5.75 Å². The van der Waals surface area contributed by atoms with E-state index in [1.165, 1.54) is 24.3 Å². The number of carbonyl (C=O) groups excluding carboxylic acids is 1. The molecule has 1 atom stereocenters. The molecular formula is C11H12F2N2O5. The quantitative estimate of drug-likeness (QED) is 0.621. The maximum absolute atomic E-state index is 11.9. The third-order valence-corrected chi connectivity index (χ3v) is 2.12. The number of hydrogen-bond acceptors (Lipinski definition) is 4. The number of urea groups is 1. The molecule has 1 aromatic rings. The van der Waals surface area contributed by atoms with Gasteiger partial charge in [-0.15, -0.1) is 0 Å². The van der Waals surface area contributed by atoms with Crippen molar-refractivity contribution in [3.8, 4) is 5.75 Å². The average Bonchev–Trinajstić information content (AvgIpc) is 2.37. The number of aliphatic hydroxyl groups excluding tert-OH is 1. The van der Waals surface area contributed by atoms with Crippen LogP contribution in [0.3, 0.4) is 0 Å². The van der Waals surface area contributed by atoms with Crippen LogP contribution in [0.1, 0.15) is 0 Å². The Balaban J connectivity index is 2.55. The van der Waals surface area contributed by atoms with Crippen LogP contribution >= 0.6 is 0 Å². The van der Waals surface area contributed by atoms with E-state index in [2.05, 4.69) is 10.1 Å². The Hall–Kier alpha value is -2.42. The number of aliphatic carboxylic acids is 1. The number of carbonyl (C=O) groups is 2. The average molecular weight is 290 g/mol. The first-order valence-corrected chi connectivity index (χ1v) is 5.38. The van der Waals surface area contributed by atoms with Crippen molar-refractivity contribution in [2.24, 2.45) is 0 Å². The molecule has 0 radical (unpaired) electrons. The van der Waals surface area contributed by atoms with Crippen molar-refractivity contribution in [3.63, 3.8) is 0 Å². The maximum Gasteiger partial charge on any atom is 0.387 e. The van der Waals surface area contributed by atoms with Crippen molar-refractivity contribution in [2.75, 3.05) is 11.9 Å². The Morgan fingerprint density at radius 3 is 2.30 bits per heavy atom. The molecule has 0 fully saturated rings. The highest BCUT2D eigenvalue weighted by atomic mass is 19.3. The number of nitrogens with one attached hydrogen (secondary N) is 2. The molecule has 0 aliphatic carbocycles. The van der Waals surface area contributed by atoms with E-state index in [0.717, 1.165) is 0 Å². The van der Waals surface area contributed by atoms with Gasteiger partial charge < -0.3 is 25.6 Å². The van der Waals surface area contributed by atoms with Crippen LogP contribution < -0.4 is 15.4 Å². The Morgan fingerprint density at radius 1 is 1.25 bits per heavy atom. The lowest BCUT2D eigenvalue weighted by Gasteiger charge is -2.13. The van der Waals surface area contributed by atoms with Crippen molar-refractivity contribution in [3.05, 3.63) is 24.3 Å². The van der Waals surface area contributed by atoms with Gasteiger partial charge in [-0.05, 0) is 24.3 Å². The highest BCUT2D eigenvalue weighted by Crippen LogP contribution is 2.17. The van der Waals surface area contributed by atoms with E-state index >= 15 is 0 Å². The second-order valence-corrected chi connectivity index (χ2v) is 3.57. The minimum atomic E-state index is -2.95.